The third-order valence-electron chi connectivity index (χ3n) is 3.10. The van der Waals surface area contributed by atoms with E-state index in [1.165, 1.54) is 24.0 Å². The van der Waals surface area contributed by atoms with E-state index in [0.29, 0.717) is 12.5 Å². The first-order valence-electron chi connectivity index (χ1n) is 5.74. The van der Waals surface area contributed by atoms with Crippen LogP contribution in [0, 0.1) is 5.92 Å². The van der Waals surface area contributed by atoms with Gasteiger partial charge in [0.05, 0.1) is 0 Å². The largest absolute Gasteiger partial charge is 0.381 e. The van der Waals surface area contributed by atoms with Crippen LogP contribution in [0.4, 0.5) is 0 Å². The van der Waals surface area contributed by atoms with Gasteiger partial charge in [0.2, 0.25) is 0 Å². The lowest BCUT2D eigenvalue weighted by Crippen LogP contribution is -2.20. The molecule has 1 aliphatic heterocycles. The van der Waals surface area contributed by atoms with Crippen LogP contribution in [-0.4, -0.2) is 13.2 Å². The van der Waals surface area contributed by atoms with E-state index in [4.69, 9.17) is 10.5 Å². The molecule has 1 aromatic rings. The predicted molar refractivity (Wildman–Crippen MR) is 61.6 cm³/mol. The van der Waals surface area contributed by atoms with Crippen LogP contribution in [0.15, 0.2) is 24.3 Å². The van der Waals surface area contributed by atoms with Gasteiger partial charge in [-0.05, 0) is 36.3 Å². The van der Waals surface area contributed by atoms with E-state index in [0.717, 1.165) is 19.6 Å². The van der Waals surface area contributed by atoms with Gasteiger partial charge in [-0.15, -0.1) is 0 Å². The summed E-state index contributed by atoms with van der Waals surface area (Å²) in [6, 6.07) is 8.47. The van der Waals surface area contributed by atoms with E-state index in [1.54, 1.807) is 0 Å². The number of nitrogens with two attached hydrogens (primary N) is 1. The second-order valence-corrected chi connectivity index (χ2v) is 4.26. The summed E-state index contributed by atoms with van der Waals surface area (Å²) in [6.45, 7) is 2.50. The first-order chi connectivity index (χ1) is 7.40. The zero-order chi connectivity index (χ0) is 10.5. The van der Waals surface area contributed by atoms with Crippen molar-refractivity contribution < 1.29 is 4.74 Å². The lowest BCUT2D eigenvalue weighted by molar-refractivity contribution is 0.0549. The predicted octanol–water partition coefficient (Wildman–Crippen LogP) is 2.11. The second-order valence-electron chi connectivity index (χ2n) is 4.26. The standard InChI is InChI=1S/C13H19NO/c14-9-13-6-2-1-5-12(13)8-11-4-3-7-15-10-11/h1-2,5-6,11H,3-4,7-10,14H2. The first kappa shape index (κ1) is 10.7. The lowest BCUT2D eigenvalue weighted by atomic mass is 9.92. The van der Waals surface area contributed by atoms with E-state index in [9.17, 15) is 0 Å². The van der Waals surface area contributed by atoms with Crippen LogP contribution in [-0.2, 0) is 17.7 Å². The van der Waals surface area contributed by atoms with Crippen molar-refractivity contribution in [3.05, 3.63) is 35.4 Å². The van der Waals surface area contributed by atoms with Gasteiger partial charge in [0.25, 0.3) is 0 Å². The number of hydrogen-bond acceptors (Lipinski definition) is 2. The summed E-state index contributed by atoms with van der Waals surface area (Å²) in [7, 11) is 0. The molecule has 0 aliphatic carbocycles. The van der Waals surface area contributed by atoms with Crippen molar-refractivity contribution in [2.24, 2.45) is 11.7 Å². The molecule has 0 aromatic heterocycles. The fourth-order valence-corrected chi connectivity index (χ4v) is 2.24. The molecular formula is C13H19NO. The molecule has 2 nitrogen and oxygen atoms in total. The smallest absolute Gasteiger partial charge is 0.0497 e. The molecule has 1 unspecified atom stereocenters. The fourth-order valence-electron chi connectivity index (χ4n) is 2.24. The van der Waals surface area contributed by atoms with Crippen molar-refractivity contribution in [1.29, 1.82) is 0 Å². The topological polar surface area (TPSA) is 35.2 Å². The molecule has 1 heterocycles. The molecule has 0 radical (unpaired) electrons. The summed E-state index contributed by atoms with van der Waals surface area (Å²) in [5.74, 6) is 0.687. The van der Waals surface area contributed by atoms with Gasteiger partial charge in [-0.1, -0.05) is 24.3 Å². The molecule has 0 bridgehead atoms. The van der Waals surface area contributed by atoms with Gasteiger partial charge in [-0.25, -0.2) is 0 Å². The van der Waals surface area contributed by atoms with E-state index in [-0.39, 0.29) is 0 Å². The Morgan fingerprint density at radius 3 is 2.73 bits per heavy atom. The molecule has 82 valence electrons. The number of hydrogen-bond donors (Lipinski definition) is 1. The Bertz CT molecular complexity index is 305. The van der Waals surface area contributed by atoms with Gasteiger partial charge < -0.3 is 10.5 Å². The molecular weight excluding hydrogens is 186 g/mol. The Hall–Kier alpha value is -0.860. The summed E-state index contributed by atoms with van der Waals surface area (Å²) >= 11 is 0. The molecule has 0 amide bonds. The fraction of sp³-hybridized carbons (Fsp3) is 0.538. The maximum absolute atomic E-state index is 5.72. The highest BCUT2D eigenvalue weighted by atomic mass is 16.5. The summed E-state index contributed by atoms with van der Waals surface area (Å²) in [4.78, 5) is 0. The summed E-state index contributed by atoms with van der Waals surface area (Å²) in [5.41, 5.74) is 8.40. The molecule has 1 saturated heterocycles. The third kappa shape index (κ3) is 2.80. The van der Waals surface area contributed by atoms with Gasteiger partial charge in [0, 0.05) is 19.8 Å². The molecule has 2 N–H and O–H groups in total. The van der Waals surface area contributed by atoms with Gasteiger partial charge in [-0.2, -0.15) is 0 Å². The summed E-state index contributed by atoms with van der Waals surface area (Å²) in [6.07, 6.45) is 3.61. The Morgan fingerprint density at radius 1 is 1.27 bits per heavy atom. The average molecular weight is 205 g/mol. The van der Waals surface area contributed by atoms with Crippen molar-refractivity contribution >= 4 is 0 Å². The van der Waals surface area contributed by atoms with E-state index < -0.39 is 0 Å². The highest BCUT2D eigenvalue weighted by Crippen LogP contribution is 2.20. The van der Waals surface area contributed by atoms with Crippen LogP contribution < -0.4 is 5.73 Å². The van der Waals surface area contributed by atoms with Crippen LogP contribution in [0.5, 0.6) is 0 Å². The van der Waals surface area contributed by atoms with Crippen molar-refractivity contribution in [2.45, 2.75) is 25.8 Å². The molecule has 1 fully saturated rings. The minimum absolute atomic E-state index is 0.643. The molecule has 2 heteroatoms. The van der Waals surface area contributed by atoms with Crippen LogP contribution in [0.1, 0.15) is 24.0 Å². The van der Waals surface area contributed by atoms with E-state index in [1.807, 2.05) is 0 Å². The highest BCUT2D eigenvalue weighted by molar-refractivity contribution is 5.27. The Kier molecular flexibility index (Phi) is 3.75. The number of benzene rings is 1. The monoisotopic (exact) mass is 205 g/mol. The molecule has 0 saturated carbocycles. The molecule has 1 atom stereocenters. The van der Waals surface area contributed by atoms with E-state index >= 15 is 0 Å². The minimum Gasteiger partial charge on any atom is -0.381 e. The second kappa shape index (κ2) is 5.29. The van der Waals surface area contributed by atoms with Gasteiger partial charge >= 0.3 is 0 Å². The maximum Gasteiger partial charge on any atom is 0.0497 e. The zero-order valence-electron chi connectivity index (χ0n) is 9.11. The minimum atomic E-state index is 0.643. The molecule has 15 heavy (non-hydrogen) atoms. The summed E-state index contributed by atoms with van der Waals surface area (Å²) < 4.78 is 5.50. The van der Waals surface area contributed by atoms with Gasteiger partial charge in [0.1, 0.15) is 0 Å². The Morgan fingerprint density at radius 2 is 2.07 bits per heavy atom. The molecule has 1 aromatic carbocycles. The molecule has 1 aliphatic rings. The van der Waals surface area contributed by atoms with Crippen LogP contribution >= 0.6 is 0 Å². The summed E-state index contributed by atoms with van der Waals surface area (Å²) in [5, 5.41) is 0. The lowest BCUT2D eigenvalue weighted by Gasteiger charge is -2.22. The molecule has 0 spiro atoms. The molecule has 2 rings (SSSR count). The third-order valence-corrected chi connectivity index (χ3v) is 3.10. The van der Waals surface area contributed by atoms with Crippen molar-refractivity contribution in [3.8, 4) is 0 Å². The Labute approximate surface area is 91.4 Å². The van der Waals surface area contributed by atoms with E-state index in [2.05, 4.69) is 24.3 Å². The van der Waals surface area contributed by atoms with Crippen LogP contribution in [0.3, 0.4) is 0 Å². The van der Waals surface area contributed by atoms with Gasteiger partial charge in [-0.3, -0.25) is 0 Å². The maximum atomic E-state index is 5.72. The van der Waals surface area contributed by atoms with Crippen molar-refractivity contribution in [2.75, 3.05) is 13.2 Å². The first-order valence-corrected chi connectivity index (χ1v) is 5.74. The number of rotatable bonds is 3. The normalized spacial score (nSPS) is 21.5. The quantitative estimate of drug-likeness (QED) is 0.820. The van der Waals surface area contributed by atoms with Crippen molar-refractivity contribution in [3.63, 3.8) is 0 Å². The van der Waals surface area contributed by atoms with Crippen molar-refractivity contribution in [1.82, 2.24) is 0 Å². The number of ether oxygens (including phenoxy) is 1. The van der Waals surface area contributed by atoms with Gasteiger partial charge in [0.15, 0.2) is 0 Å². The SMILES string of the molecule is NCc1ccccc1CC1CCCOC1. The highest BCUT2D eigenvalue weighted by Gasteiger charge is 2.15. The zero-order valence-corrected chi connectivity index (χ0v) is 9.11. The Balaban J connectivity index is 2.02. The van der Waals surface area contributed by atoms with Crippen LogP contribution in [0.2, 0.25) is 0 Å². The average Bonchev–Trinajstić information content (AvgIpc) is 2.31. The van der Waals surface area contributed by atoms with Crippen LogP contribution in [0.25, 0.3) is 0 Å².